The first-order valence-electron chi connectivity index (χ1n) is 8.80. The van der Waals surface area contributed by atoms with Gasteiger partial charge in [0, 0.05) is 18.4 Å². The summed E-state index contributed by atoms with van der Waals surface area (Å²) < 4.78 is 6.22. The molecule has 0 saturated carbocycles. The zero-order valence-corrected chi connectivity index (χ0v) is 15.6. The van der Waals surface area contributed by atoms with Gasteiger partial charge in [-0.1, -0.05) is 13.0 Å². The molecule has 0 unspecified atom stereocenters. The fourth-order valence-electron chi connectivity index (χ4n) is 2.68. The van der Waals surface area contributed by atoms with Gasteiger partial charge < -0.3 is 15.4 Å². The van der Waals surface area contributed by atoms with Gasteiger partial charge in [0.2, 0.25) is 5.82 Å². The number of rotatable bonds is 6. The number of anilines is 1. The number of fused-ring (bicyclic) bond motifs is 1. The van der Waals surface area contributed by atoms with Gasteiger partial charge in [-0.05, 0) is 42.8 Å². The highest BCUT2D eigenvalue weighted by Gasteiger charge is 2.21. The van der Waals surface area contributed by atoms with Crippen molar-refractivity contribution in [1.82, 2.24) is 14.7 Å². The topological polar surface area (TPSA) is 102 Å². The van der Waals surface area contributed by atoms with Crippen molar-refractivity contribution in [3.63, 3.8) is 0 Å². The van der Waals surface area contributed by atoms with E-state index in [2.05, 4.69) is 20.4 Å². The minimum atomic E-state index is -0.471. The van der Waals surface area contributed by atoms with Crippen molar-refractivity contribution >= 4 is 29.0 Å². The normalized spacial score (nSPS) is 10.5. The number of amides is 2. The predicted molar refractivity (Wildman–Crippen MR) is 104 cm³/mol. The van der Waals surface area contributed by atoms with Gasteiger partial charge in [-0.15, -0.1) is 0 Å². The second-order valence-electron chi connectivity index (χ2n) is 6.02. The Kier molecular flexibility index (Phi) is 5.69. The molecule has 0 radical (unpaired) electrons. The van der Waals surface area contributed by atoms with E-state index < -0.39 is 11.9 Å². The van der Waals surface area contributed by atoms with E-state index in [9.17, 15) is 14.4 Å². The summed E-state index contributed by atoms with van der Waals surface area (Å²) >= 11 is 0. The van der Waals surface area contributed by atoms with Crippen LogP contribution in [0.5, 0.6) is 0 Å². The van der Waals surface area contributed by atoms with E-state index in [0.29, 0.717) is 23.3 Å². The molecule has 2 heterocycles. The average molecular weight is 380 g/mol. The fourth-order valence-corrected chi connectivity index (χ4v) is 2.68. The summed E-state index contributed by atoms with van der Waals surface area (Å²) in [5.74, 6) is -1.16. The van der Waals surface area contributed by atoms with Gasteiger partial charge in [-0.2, -0.15) is 0 Å². The molecule has 0 bridgehead atoms. The zero-order valence-electron chi connectivity index (χ0n) is 15.6. The van der Waals surface area contributed by atoms with Crippen molar-refractivity contribution in [2.75, 3.05) is 19.0 Å². The van der Waals surface area contributed by atoms with Crippen molar-refractivity contribution in [3.8, 4) is 0 Å². The minimum absolute atomic E-state index is 0.0919. The standard InChI is InChI=1S/C20H20N4O4/c1-3-11-21-18(25)16-15-6-4-5-12-24(15)17(23-16)19(26)22-14-9-7-13(8-10-14)20(27)28-2/h4-10,12H,3,11H2,1-2H3,(H,21,25)(H,22,26). The molecule has 0 atom stereocenters. The predicted octanol–water partition coefficient (Wildman–Crippen LogP) is 2.51. The molecule has 28 heavy (non-hydrogen) atoms. The molecule has 3 aromatic rings. The monoisotopic (exact) mass is 380 g/mol. The van der Waals surface area contributed by atoms with E-state index in [0.717, 1.165) is 6.42 Å². The molecular formula is C20H20N4O4. The number of nitrogens with zero attached hydrogens (tertiary/aromatic N) is 2. The molecule has 0 aliphatic heterocycles. The van der Waals surface area contributed by atoms with Gasteiger partial charge in [0.15, 0.2) is 5.69 Å². The summed E-state index contributed by atoms with van der Waals surface area (Å²) in [5, 5.41) is 5.50. The second kappa shape index (κ2) is 8.34. The molecule has 144 valence electrons. The highest BCUT2D eigenvalue weighted by atomic mass is 16.5. The molecule has 0 aliphatic carbocycles. The number of aromatic nitrogens is 2. The van der Waals surface area contributed by atoms with E-state index in [1.807, 2.05) is 6.92 Å². The Labute approximate surface area is 161 Å². The van der Waals surface area contributed by atoms with Crippen LogP contribution in [-0.2, 0) is 4.74 Å². The number of benzene rings is 1. The van der Waals surface area contributed by atoms with E-state index in [1.54, 1.807) is 53.1 Å². The lowest BCUT2D eigenvalue weighted by Gasteiger charge is -2.05. The minimum Gasteiger partial charge on any atom is -0.465 e. The average Bonchev–Trinajstić information content (AvgIpc) is 3.12. The lowest BCUT2D eigenvalue weighted by atomic mass is 10.2. The van der Waals surface area contributed by atoms with E-state index >= 15 is 0 Å². The third-order valence-corrected chi connectivity index (χ3v) is 4.07. The van der Waals surface area contributed by atoms with Gasteiger partial charge in [0.1, 0.15) is 0 Å². The van der Waals surface area contributed by atoms with Gasteiger partial charge in [0.25, 0.3) is 11.8 Å². The van der Waals surface area contributed by atoms with E-state index in [4.69, 9.17) is 0 Å². The molecular weight excluding hydrogens is 360 g/mol. The number of methoxy groups -OCH3 is 1. The van der Waals surface area contributed by atoms with Crippen LogP contribution >= 0.6 is 0 Å². The number of esters is 1. The van der Waals surface area contributed by atoms with Gasteiger partial charge >= 0.3 is 5.97 Å². The van der Waals surface area contributed by atoms with Crippen LogP contribution in [0.2, 0.25) is 0 Å². The smallest absolute Gasteiger partial charge is 0.337 e. The Balaban J connectivity index is 1.87. The molecule has 2 amide bonds. The largest absolute Gasteiger partial charge is 0.465 e. The van der Waals surface area contributed by atoms with Crippen molar-refractivity contribution in [1.29, 1.82) is 0 Å². The van der Waals surface area contributed by atoms with Gasteiger partial charge in [-0.25, -0.2) is 9.78 Å². The Morgan fingerprint density at radius 1 is 1.07 bits per heavy atom. The molecule has 0 saturated heterocycles. The molecule has 3 rings (SSSR count). The molecule has 1 aromatic carbocycles. The number of nitrogens with one attached hydrogen (secondary N) is 2. The Bertz CT molecular complexity index is 1020. The molecule has 0 fully saturated rings. The number of ether oxygens (including phenoxy) is 1. The summed E-state index contributed by atoms with van der Waals surface area (Å²) in [5.41, 5.74) is 1.60. The summed E-state index contributed by atoms with van der Waals surface area (Å²) in [6, 6.07) is 11.5. The van der Waals surface area contributed by atoms with Crippen LogP contribution in [0.3, 0.4) is 0 Å². The van der Waals surface area contributed by atoms with Crippen LogP contribution < -0.4 is 10.6 Å². The number of imidazole rings is 1. The number of carbonyl (C=O) groups excluding carboxylic acids is 3. The Morgan fingerprint density at radius 3 is 2.50 bits per heavy atom. The SMILES string of the molecule is CCCNC(=O)c1nc(C(=O)Nc2ccc(C(=O)OC)cc2)n2ccccc12. The van der Waals surface area contributed by atoms with Crippen molar-refractivity contribution in [3.05, 3.63) is 65.7 Å². The van der Waals surface area contributed by atoms with E-state index in [1.165, 1.54) is 7.11 Å². The molecule has 8 nitrogen and oxygen atoms in total. The quantitative estimate of drug-likeness (QED) is 0.640. The van der Waals surface area contributed by atoms with Crippen molar-refractivity contribution < 1.29 is 19.1 Å². The van der Waals surface area contributed by atoms with Crippen LogP contribution in [0.15, 0.2) is 48.7 Å². The molecule has 0 aliphatic rings. The van der Waals surface area contributed by atoms with Crippen LogP contribution in [-0.4, -0.2) is 40.8 Å². The first kappa shape index (κ1) is 19.1. The summed E-state index contributed by atoms with van der Waals surface area (Å²) in [4.78, 5) is 40.9. The maximum absolute atomic E-state index is 12.7. The summed E-state index contributed by atoms with van der Waals surface area (Å²) in [6.45, 7) is 2.48. The number of carbonyl (C=O) groups is 3. The molecule has 8 heteroatoms. The van der Waals surface area contributed by atoms with E-state index in [-0.39, 0.29) is 17.4 Å². The Morgan fingerprint density at radius 2 is 1.82 bits per heavy atom. The van der Waals surface area contributed by atoms with Crippen LogP contribution in [0.4, 0.5) is 5.69 Å². The van der Waals surface area contributed by atoms with Gasteiger partial charge in [-0.3, -0.25) is 14.0 Å². The zero-order chi connectivity index (χ0) is 20.1. The van der Waals surface area contributed by atoms with Crippen molar-refractivity contribution in [2.45, 2.75) is 13.3 Å². The highest BCUT2D eigenvalue weighted by Crippen LogP contribution is 2.16. The summed E-state index contributed by atoms with van der Waals surface area (Å²) in [7, 11) is 1.30. The van der Waals surface area contributed by atoms with Crippen molar-refractivity contribution in [2.24, 2.45) is 0 Å². The second-order valence-corrected chi connectivity index (χ2v) is 6.02. The lowest BCUT2D eigenvalue weighted by Crippen LogP contribution is -2.24. The maximum Gasteiger partial charge on any atom is 0.337 e. The number of hydrogen-bond donors (Lipinski definition) is 2. The lowest BCUT2D eigenvalue weighted by molar-refractivity contribution is 0.0600. The summed E-state index contributed by atoms with van der Waals surface area (Å²) in [6.07, 6.45) is 2.47. The van der Waals surface area contributed by atoms with Gasteiger partial charge in [0.05, 0.1) is 18.2 Å². The molecule has 2 aromatic heterocycles. The third kappa shape index (κ3) is 3.85. The molecule has 0 spiro atoms. The molecule has 2 N–H and O–H groups in total. The first-order valence-corrected chi connectivity index (χ1v) is 8.80. The first-order chi connectivity index (χ1) is 13.5. The maximum atomic E-state index is 12.7. The van der Waals surface area contributed by atoms with Crippen LogP contribution in [0, 0.1) is 0 Å². The fraction of sp³-hybridized carbons (Fsp3) is 0.200. The number of pyridine rings is 1. The van der Waals surface area contributed by atoms with Crippen LogP contribution in [0.1, 0.15) is 44.8 Å². The number of hydrogen-bond acceptors (Lipinski definition) is 5. The Hall–Kier alpha value is -3.68. The van der Waals surface area contributed by atoms with Crippen LogP contribution in [0.25, 0.3) is 5.52 Å². The third-order valence-electron chi connectivity index (χ3n) is 4.07. The highest BCUT2D eigenvalue weighted by molar-refractivity contribution is 6.06.